The van der Waals surface area contributed by atoms with Crippen LogP contribution in [0.5, 0.6) is 5.75 Å². The third-order valence-electron chi connectivity index (χ3n) is 5.62. The summed E-state index contributed by atoms with van der Waals surface area (Å²) in [5.74, 6) is -0.0757. The van der Waals surface area contributed by atoms with Crippen LogP contribution in [0.2, 0.25) is 0 Å². The Kier molecular flexibility index (Phi) is 7.95. The van der Waals surface area contributed by atoms with E-state index in [-0.39, 0.29) is 18.4 Å². The lowest BCUT2D eigenvalue weighted by atomic mass is 10.0. The topological polar surface area (TPSA) is 101 Å². The molecule has 176 valence electrons. The molecule has 3 atom stereocenters. The molecule has 9 heteroatoms. The summed E-state index contributed by atoms with van der Waals surface area (Å²) in [5.41, 5.74) is 1.08. The monoisotopic (exact) mass is 447 g/mol. The summed E-state index contributed by atoms with van der Waals surface area (Å²) in [7, 11) is 1.64. The van der Waals surface area contributed by atoms with Crippen LogP contribution < -0.4 is 15.0 Å². The van der Waals surface area contributed by atoms with Crippen molar-refractivity contribution in [1.29, 1.82) is 0 Å². The van der Waals surface area contributed by atoms with E-state index in [1.165, 1.54) is 0 Å². The van der Waals surface area contributed by atoms with E-state index in [0.717, 1.165) is 11.4 Å². The van der Waals surface area contributed by atoms with E-state index in [1.54, 1.807) is 18.9 Å². The van der Waals surface area contributed by atoms with E-state index in [1.807, 2.05) is 38.1 Å². The van der Waals surface area contributed by atoms with Gasteiger partial charge in [-0.3, -0.25) is 9.59 Å². The molecule has 3 rings (SSSR count). The largest absolute Gasteiger partial charge is 0.497 e. The third-order valence-corrected chi connectivity index (χ3v) is 5.62. The number of rotatable bonds is 9. The van der Waals surface area contributed by atoms with Crippen LogP contribution in [0.4, 0.5) is 5.69 Å². The molecule has 0 aliphatic carbocycles. The maximum atomic E-state index is 13.2. The van der Waals surface area contributed by atoms with Gasteiger partial charge in [-0.1, -0.05) is 13.8 Å². The number of nitrogens with one attached hydrogen (secondary N) is 1. The highest BCUT2D eigenvalue weighted by Crippen LogP contribution is 2.25. The first-order valence-corrected chi connectivity index (χ1v) is 11.1. The second-order valence-corrected chi connectivity index (χ2v) is 8.43. The van der Waals surface area contributed by atoms with Crippen LogP contribution in [0, 0.1) is 5.92 Å². The van der Waals surface area contributed by atoms with Crippen molar-refractivity contribution in [3.63, 3.8) is 0 Å². The average Bonchev–Trinajstić information content (AvgIpc) is 3.59. The van der Waals surface area contributed by atoms with Crippen LogP contribution in [0.3, 0.4) is 0 Å². The minimum atomic E-state index is -0.886. The highest BCUT2D eigenvalue weighted by molar-refractivity contribution is 5.95. The fourth-order valence-electron chi connectivity index (χ4n) is 3.86. The molecule has 2 amide bonds. The Morgan fingerprint density at radius 3 is 2.31 bits per heavy atom. The van der Waals surface area contributed by atoms with Crippen LogP contribution in [0.1, 0.15) is 27.2 Å². The first-order chi connectivity index (χ1) is 15.3. The van der Waals surface area contributed by atoms with E-state index < -0.39 is 30.1 Å². The normalized spacial score (nSPS) is 21.2. The van der Waals surface area contributed by atoms with Gasteiger partial charge in [0.2, 0.25) is 5.91 Å². The predicted molar refractivity (Wildman–Crippen MR) is 118 cm³/mol. The summed E-state index contributed by atoms with van der Waals surface area (Å²) in [6.45, 7) is 8.48. The highest BCUT2D eigenvalue weighted by atomic mass is 16.6. The van der Waals surface area contributed by atoms with Gasteiger partial charge in [-0.25, -0.2) is 4.79 Å². The number of benzene rings is 1. The molecule has 0 aromatic heterocycles. The molecule has 2 aliphatic heterocycles. The van der Waals surface area contributed by atoms with E-state index in [2.05, 4.69) is 10.2 Å². The quantitative estimate of drug-likeness (QED) is 0.448. The predicted octanol–water partition coefficient (Wildman–Crippen LogP) is 1.21. The number of anilines is 1. The number of ether oxygens (including phenoxy) is 3. The van der Waals surface area contributed by atoms with Gasteiger partial charge in [-0.05, 0) is 43.5 Å². The first kappa shape index (κ1) is 23.8. The van der Waals surface area contributed by atoms with Crippen molar-refractivity contribution >= 4 is 23.5 Å². The molecule has 0 saturated carbocycles. The molecule has 1 N–H and O–H groups in total. The third kappa shape index (κ3) is 5.91. The molecule has 2 saturated heterocycles. The number of methoxy groups -OCH3 is 1. The van der Waals surface area contributed by atoms with Crippen molar-refractivity contribution in [2.75, 3.05) is 44.8 Å². The van der Waals surface area contributed by atoms with Gasteiger partial charge in [0.1, 0.15) is 11.8 Å². The fourth-order valence-corrected chi connectivity index (χ4v) is 3.86. The Hall–Kier alpha value is -2.81. The number of nitrogens with zero attached hydrogens (tertiary/aromatic N) is 2. The number of amides is 2. The molecule has 9 nitrogen and oxygen atoms in total. The summed E-state index contributed by atoms with van der Waals surface area (Å²) >= 11 is 0. The lowest BCUT2D eigenvalue weighted by Gasteiger charge is -2.38. The molecule has 2 fully saturated rings. The Morgan fingerprint density at radius 1 is 1.09 bits per heavy atom. The van der Waals surface area contributed by atoms with Gasteiger partial charge in [0.15, 0.2) is 12.2 Å². The molecule has 0 radical (unpaired) electrons. The average molecular weight is 448 g/mol. The number of carbonyl (C=O) groups excluding carboxylic acids is 3. The lowest BCUT2D eigenvalue weighted by molar-refractivity contribution is -0.144. The van der Waals surface area contributed by atoms with Gasteiger partial charge < -0.3 is 29.3 Å². The van der Waals surface area contributed by atoms with Crippen LogP contribution >= 0.6 is 0 Å². The Balaban J connectivity index is 1.55. The fraction of sp³-hybridized carbons (Fsp3) is 0.609. The number of piperazine rings is 1. The smallest absolute Gasteiger partial charge is 0.338 e. The number of epoxide rings is 1. The maximum absolute atomic E-state index is 13.2. The first-order valence-electron chi connectivity index (χ1n) is 11.1. The van der Waals surface area contributed by atoms with Crippen molar-refractivity contribution < 1.29 is 28.6 Å². The minimum Gasteiger partial charge on any atom is -0.497 e. The van der Waals surface area contributed by atoms with Crippen molar-refractivity contribution in [1.82, 2.24) is 10.2 Å². The van der Waals surface area contributed by atoms with Crippen molar-refractivity contribution in [2.45, 2.75) is 45.4 Å². The molecule has 0 bridgehead atoms. The summed E-state index contributed by atoms with van der Waals surface area (Å²) in [4.78, 5) is 41.5. The summed E-state index contributed by atoms with van der Waals surface area (Å²) in [6, 6.07) is 7.21. The number of hydrogen-bond donors (Lipinski definition) is 1. The SMILES string of the molecule is CCOC(=O)[C@H]1O[C@@H]1C(=O)N[C@@H](CC(C)C)C(=O)N1CCN(c2ccc(OC)cc2)CC1. The van der Waals surface area contributed by atoms with E-state index >= 15 is 0 Å². The molecule has 0 spiro atoms. The zero-order valence-corrected chi connectivity index (χ0v) is 19.2. The van der Waals surface area contributed by atoms with Gasteiger partial charge in [0.25, 0.3) is 5.91 Å². The molecular formula is C23H33N3O6. The lowest BCUT2D eigenvalue weighted by Crippen LogP contribution is -2.56. The van der Waals surface area contributed by atoms with Crippen LogP contribution in [-0.4, -0.2) is 80.8 Å². The number of hydrogen-bond acceptors (Lipinski definition) is 7. The Bertz CT molecular complexity index is 804. The second kappa shape index (κ2) is 10.7. The highest BCUT2D eigenvalue weighted by Gasteiger charge is 2.52. The van der Waals surface area contributed by atoms with E-state index in [9.17, 15) is 14.4 Å². The summed E-state index contributed by atoms with van der Waals surface area (Å²) in [6.07, 6.45) is -1.25. The summed E-state index contributed by atoms with van der Waals surface area (Å²) < 4.78 is 15.3. The molecular weight excluding hydrogens is 414 g/mol. The van der Waals surface area contributed by atoms with Crippen molar-refractivity contribution in [3.05, 3.63) is 24.3 Å². The van der Waals surface area contributed by atoms with Gasteiger partial charge in [0.05, 0.1) is 13.7 Å². The van der Waals surface area contributed by atoms with Gasteiger partial charge in [0, 0.05) is 31.9 Å². The van der Waals surface area contributed by atoms with Crippen LogP contribution in [0.15, 0.2) is 24.3 Å². The minimum absolute atomic E-state index is 0.102. The molecule has 2 heterocycles. The van der Waals surface area contributed by atoms with Crippen LogP contribution in [0.25, 0.3) is 0 Å². The van der Waals surface area contributed by atoms with Crippen molar-refractivity contribution in [2.24, 2.45) is 5.92 Å². The summed E-state index contributed by atoms with van der Waals surface area (Å²) in [5, 5.41) is 2.80. The molecule has 0 unspecified atom stereocenters. The van der Waals surface area contributed by atoms with Crippen LogP contribution in [-0.2, 0) is 23.9 Å². The zero-order chi connectivity index (χ0) is 23.3. The van der Waals surface area contributed by atoms with Gasteiger partial charge >= 0.3 is 5.97 Å². The maximum Gasteiger partial charge on any atom is 0.338 e. The number of esters is 1. The van der Waals surface area contributed by atoms with Gasteiger partial charge in [-0.2, -0.15) is 0 Å². The molecule has 1 aromatic carbocycles. The molecule has 32 heavy (non-hydrogen) atoms. The van der Waals surface area contributed by atoms with E-state index in [0.29, 0.717) is 32.6 Å². The molecule has 1 aromatic rings. The van der Waals surface area contributed by atoms with Gasteiger partial charge in [-0.15, -0.1) is 0 Å². The Morgan fingerprint density at radius 2 is 1.75 bits per heavy atom. The Labute approximate surface area is 189 Å². The molecule has 2 aliphatic rings. The standard InChI is InChI=1S/C23H33N3O6/c1-5-31-23(29)20-19(32-20)21(27)24-18(14-15(2)3)22(28)26-12-10-25(11-13-26)16-6-8-17(30-4)9-7-16/h6-9,15,18-20H,5,10-14H2,1-4H3,(H,24,27)/t18-,19-,20-/m0/s1. The zero-order valence-electron chi connectivity index (χ0n) is 19.2. The van der Waals surface area contributed by atoms with E-state index in [4.69, 9.17) is 14.2 Å². The second-order valence-electron chi connectivity index (χ2n) is 8.43. The van der Waals surface area contributed by atoms with Crippen molar-refractivity contribution in [3.8, 4) is 5.75 Å². The number of carbonyl (C=O) groups is 3.